The third kappa shape index (κ3) is 3.10. The maximum Gasteiger partial charge on any atom is 0.123 e. The lowest BCUT2D eigenvalue weighted by atomic mass is 10.0. The van der Waals surface area contributed by atoms with Gasteiger partial charge in [-0.1, -0.05) is 11.6 Å². The van der Waals surface area contributed by atoms with E-state index in [9.17, 15) is 4.39 Å². The Labute approximate surface area is 154 Å². The first kappa shape index (κ1) is 17.1. The van der Waals surface area contributed by atoms with Gasteiger partial charge in [-0.25, -0.2) is 4.39 Å². The molecule has 4 rings (SSSR count). The minimum Gasteiger partial charge on any atom is -0.373 e. The zero-order chi connectivity index (χ0) is 18.3. The summed E-state index contributed by atoms with van der Waals surface area (Å²) in [5, 5.41) is 1.40. The Hall–Kier alpha value is -2.33. The van der Waals surface area contributed by atoms with E-state index in [4.69, 9.17) is 0 Å². The number of fused-ring (bicyclic) bond motifs is 3. The normalized spacial score (nSPS) is 14.6. The van der Waals surface area contributed by atoms with Crippen LogP contribution in [0.5, 0.6) is 0 Å². The second-order valence-electron chi connectivity index (χ2n) is 7.48. The summed E-state index contributed by atoms with van der Waals surface area (Å²) in [6.07, 6.45) is 1.10. The molecule has 0 radical (unpaired) electrons. The van der Waals surface area contributed by atoms with Crippen molar-refractivity contribution in [1.29, 1.82) is 0 Å². The number of aromatic nitrogens is 1. The smallest absolute Gasteiger partial charge is 0.123 e. The van der Waals surface area contributed by atoms with Crippen LogP contribution in [0.15, 0.2) is 42.5 Å². The van der Waals surface area contributed by atoms with Crippen LogP contribution >= 0.6 is 0 Å². The first-order valence-electron chi connectivity index (χ1n) is 9.29. The van der Waals surface area contributed by atoms with Crippen molar-refractivity contribution in [3.8, 4) is 0 Å². The maximum atomic E-state index is 13.2. The van der Waals surface area contributed by atoms with Gasteiger partial charge in [0.05, 0.1) is 0 Å². The zero-order valence-electron chi connectivity index (χ0n) is 15.8. The van der Waals surface area contributed by atoms with Crippen molar-refractivity contribution in [3.63, 3.8) is 0 Å². The summed E-state index contributed by atoms with van der Waals surface area (Å²) in [6.45, 7) is 6.13. The lowest BCUT2D eigenvalue weighted by Gasteiger charge is -2.25. The van der Waals surface area contributed by atoms with Crippen molar-refractivity contribution < 1.29 is 4.39 Å². The van der Waals surface area contributed by atoms with Gasteiger partial charge >= 0.3 is 0 Å². The molecule has 1 aromatic heterocycles. The topological polar surface area (TPSA) is 11.4 Å². The van der Waals surface area contributed by atoms with Crippen molar-refractivity contribution >= 4 is 16.6 Å². The summed E-state index contributed by atoms with van der Waals surface area (Å²) in [5.74, 6) is -0.188. The van der Waals surface area contributed by atoms with Crippen molar-refractivity contribution in [3.05, 3.63) is 65.1 Å². The molecule has 0 N–H and O–H groups in total. The Morgan fingerprint density at radius 1 is 1.12 bits per heavy atom. The number of hydrogen-bond acceptors (Lipinski definition) is 2. The molecule has 0 bridgehead atoms. The van der Waals surface area contributed by atoms with E-state index in [1.807, 2.05) is 12.1 Å². The molecule has 0 amide bonds. The molecule has 0 saturated heterocycles. The Bertz CT molecular complexity index is 927. The van der Waals surface area contributed by atoms with E-state index in [0.717, 1.165) is 38.3 Å². The predicted molar refractivity (Wildman–Crippen MR) is 106 cm³/mol. The fourth-order valence-electron chi connectivity index (χ4n) is 4.03. The molecule has 0 saturated carbocycles. The van der Waals surface area contributed by atoms with Gasteiger partial charge in [0.1, 0.15) is 5.82 Å². The van der Waals surface area contributed by atoms with Crippen LogP contribution in [0.25, 0.3) is 10.9 Å². The second-order valence-corrected chi connectivity index (χ2v) is 7.48. The monoisotopic (exact) mass is 351 g/mol. The maximum absolute atomic E-state index is 13.2. The van der Waals surface area contributed by atoms with Crippen LogP contribution in [0, 0.1) is 12.7 Å². The summed E-state index contributed by atoms with van der Waals surface area (Å²) in [4.78, 5) is 4.60. The van der Waals surface area contributed by atoms with Crippen LogP contribution in [-0.4, -0.2) is 36.7 Å². The quantitative estimate of drug-likeness (QED) is 0.697. The molecule has 2 heterocycles. The van der Waals surface area contributed by atoms with Gasteiger partial charge in [-0.05, 0) is 55.9 Å². The van der Waals surface area contributed by atoms with Crippen LogP contribution < -0.4 is 4.90 Å². The Balaban J connectivity index is 1.65. The van der Waals surface area contributed by atoms with Crippen LogP contribution in [0.4, 0.5) is 10.1 Å². The number of halogens is 1. The molecule has 0 fully saturated rings. The molecule has 0 unspecified atom stereocenters. The van der Waals surface area contributed by atoms with Gasteiger partial charge in [0.25, 0.3) is 0 Å². The van der Waals surface area contributed by atoms with E-state index < -0.39 is 0 Å². The molecule has 26 heavy (non-hydrogen) atoms. The molecule has 0 aliphatic carbocycles. The molecule has 2 aromatic carbocycles. The van der Waals surface area contributed by atoms with Crippen molar-refractivity contribution in [2.24, 2.45) is 0 Å². The molecule has 0 atom stereocenters. The third-order valence-electron chi connectivity index (χ3n) is 5.53. The molecule has 0 spiro atoms. The van der Waals surface area contributed by atoms with E-state index in [-0.39, 0.29) is 5.82 Å². The number of nitrogens with zero attached hydrogens (tertiary/aromatic N) is 3. The third-order valence-corrected chi connectivity index (χ3v) is 5.53. The number of rotatable bonds is 4. The molecular formula is C22H26FN3. The highest BCUT2D eigenvalue weighted by Gasteiger charge is 2.22. The summed E-state index contributed by atoms with van der Waals surface area (Å²) in [7, 11) is 4.27. The van der Waals surface area contributed by atoms with Gasteiger partial charge in [0.15, 0.2) is 0 Å². The van der Waals surface area contributed by atoms with Crippen LogP contribution in [0.3, 0.4) is 0 Å². The van der Waals surface area contributed by atoms with Gasteiger partial charge < -0.3 is 14.4 Å². The summed E-state index contributed by atoms with van der Waals surface area (Å²) < 4.78 is 15.7. The Morgan fingerprint density at radius 2 is 1.88 bits per heavy atom. The van der Waals surface area contributed by atoms with Gasteiger partial charge in [0, 0.05) is 61.9 Å². The van der Waals surface area contributed by atoms with Crippen molar-refractivity contribution in [1.82, 2.24) is 9.47 Å². The largest absolute Gasteiger partial charge is 0.373 e. The summed E-state index contributed by atoms with van der Waals surface area (Å²) in [6, 6.07) is 13.5. The fourth-order valence-corrected chi connectivity index (χ4v) is 4.03. The van der Waals surface area contributed by atoms with Crippen molar-refractivity contribution in [2.75, 3.05) is 32.1 Å². The minimum atomic E-state index is -0.188. The van der Waals surface area contributed by atoms with E-state index in [1.165, 1.54) is 39.9 Å². The fraction of sp³-hybridized carbons (Fsp3) is 0.364. The first-order chi connectivity index (χ1) is 12.5. The van der Waals surface area contributed by atoms with E-state index >= 15 is 0 Å². The average molecular weight is 351 g/mol. The predicted octanol–water partition coefficient (Wildman–Crippen LogP) is 4.21. The summed E-state index contributed by atoms with van der Waals surface area (Å²) >= 11 is 0. The molecule has 136 valence electrons. The van der Waals surface area contributed by atoms with Gasteiger partial charge in [-0.2, -0.15) is 0 Å². The van der Waals surface area contributed by atoms with Crippen LogP contribution in [0.1, 0.15) is 16.8 Å². The van der Waals surface area contributed by atoms with Gasteiger partial charge in [0.2, 0.25) is 0 Å². The molecule has 3 aromatic rings. The zero-order valence-corrected chi connectivity index (χ0v) is 15.8. The second kappa shape index (κ2) is 6.76. The lowest BCUT2D eigenvalue weighted by molar-refractivity contribution is 0.309. The van der Waals surface area contributed by atoms with E-state index in [0.29, 0.717) is 0 Å². The molecule has 3 nitrogen and oxygen atoms in total. The number of anilines is 1. The van der Waals surface area contributed by atoms with Crippen LogP contribution in [0.2, 0.25) is 0 Å². The summed E-state index contributed by atoms with van der Waals surface area (Å²) in [5.41, 5.74) is 6.67. The number of hydrogen-bond donors (Lipinski definition) is 0. The first-order valence-corrected chi connectivity index (χ1v) is 9.29. The highest BCUT2D eigenvalue weighted by atomic mass is 19.1. The van der Waals surface area contributed by atoms with Crippen molar-refractivity contribution in [2.45, 2.75) is 26.4 Å². The molecule has 4 heteroatoms. The number of aryl methyl sites for hydroxylation is 1. The van der Waals surface area contributed by atoms with Crippen LogP contribution in [-0.2, 0) is 19.5 Å². The highest BCUT2D eigenvalue weighted by molar-refractivity contribution is 5.86. The average Bonchev–Trinajstić information content (AvgIpc) is 2.92. The van der Waals surface area contributed by atoms with E-state index in [2.05, 4.69) is 53.6 Å². The Kier molecular flexibility index (Phi) is 4.45. The number of benzene rings is 2. The number of likely N-dealkylation sites (N-methyl/N-ethyl adjacent to an activating group) is 2. The SMILES string of the molecule is Cc1ccc2c(c1)c1c(n2CCN(C)c2ccc(F)cc2)CCN(C)C1. The highest BCUT2D eigenvalue weighted by Crippen LogP contribution is 2.31. The lowest BCUT2D eigenvalue weighted by Crippen LogP contribution is -2.29. The van der Waals surface area contributed by atoms with Gasteiger partial charge in [-0.15, -0.1) is 0 Å². The van der Waals surface area contributed by atoms with E-state index in [1.54, 1.807) is 0 Å². The molecular weight excluding hydrogens is 325 g/mol. The molecule has 1 aliphatic heterocycles. The standard InChI is InChI=1S/C22H26FN3/c1-16-4-9-21-19(14-16)20-15-24(2)11-10-22(20)26(21)13-12-25(3)18-7-5-17(23)6-8-18/h4-9,14H,10-13,15H2,1-3H3. The molecule has 1 aliphatic rings. The van der Waals surface area contributed by atoms with Gasteiger partial charge in [-0.3, -0.25) is 0 Å². The minimum absolute atomic E-state index is 0.188. The Morgan fingerprint density at radius 3 is 2.65 bits per heavy atom.